The monoisotopic (exact) mass is 825 g/mol. The Labute approximate surface area is 370 Å². The number of unbranched alkanes of at least 4 members (excludes halogenated alkanes) is 34. The van der Waals surface area contributed by atoms with Crippen LogP contribution in [0.2, 0.25) is 0 Å². The van der Waals surface area contributed by atoms with E-state index in [0.29, 0.717) is 0 Å². The Hall–Kier alpha value is -2.88. The zero-order valence-electron chi connectivity index (χ0n) is 39.3. The molecule has 4 heteroatoms. The van der Waals surface area contributed by atoms with Crippen LogP contribution in [-0.2, 0) is 12.8 Å². The molecule has 0 aliphatic carbocycles. The zero-order chi connectivity index (χ0) is 42.6. The van der Waals surface area contributed by atoms with Crippen molar-refractivity contribution in [2.24, 2.45) is 0 Å². The van der Waals surface area contributed by atoms with Crippen molar-refractivity contribution in [3.63, 3.8) is 0 Å². The maximum absolute atomic E-state index is 10.1. The lowest BCUT2D eigenvalue weighted by molar-refractivity contribution is 0.475. The van der Waals surface area contributed by atoms with E-state index in [1.807, 2.05) is 24.3 Å². The van der Waals surface area contributed by atoms with Gasteiger partial charge in [-0.25, -0.2) is 9.97 Å². The maximum atomic E-state index is 10.1. The predicted molar refractivity (Wildman–Crippen MR) is 261 cm³/mol. The van der Waals surface area contributed by atoms with Crippen LogP contribution in [0.3, 0.4) is 0 Å². The van der Waals surface area contributed by atoms with Gasteiger partial charge in [-0.3, -0.25) is 0 Å². The van der Waals surface area contributed by atoms with Crippen LogP contribution in [0.5, 0.6) is 11.5 Å². The van der Waals surface area contributed by atoms with E-state index in [9.17, 15) is 10.2 Å². The summed E-state index contributed by atoms with van der Waals surface area (Å²) in [6.45, 7) is 4.59. The molecule has 0 fully saturated rings. The molecule has 0 atom stereocenters. The molecule has 0 aliphatic heterocycles. The van der Waals surface area contributed by atoms with Gasteiger partial charge < -0.3 is 10.2 Å². The van der Waals surface area contributed by atoms with Gasteiger partial charge in [-0.1, -0.05) is 232 Å². The number of phenolic OH excluding ortho intramolecular Hbond substituents is 2. The van der Waals surface area contributed by atoms with Crippen molar-refractivity contribution in [1.29, 1.82) is 0 Å². The Balaban J connectivity index is 1.39. The molecule has 1 heterocycles. The summed E-state index contributed by atoms with van der Waals surface area (Å²) in [5.41, 5.74) is 6.05. The first-order chi connectivity index (χ1) is 29.6. The number of aryl methyl sites for hydroxylation is 2. The van der Waals surface area contributed by atoms with Crippen molar-refractivity contribution in [2.45, 2.75) is 258 Å². The average molecular weight is 825 g/mol. The lowest BCUT2D eigenvalue weighted by Gasteiger charge is -2.16. The Bertz CT molecular complexity index is 1310. The van der Waals surface area contributed by atoms with Crippen LogP contribution in [-0.4, -0.2) is 20.2 Å². The van der Waals surface area contributed by atoms with E-state index >= 15 is 0 Å². The van der Waals surface area contributed by atoms with Gasteiger partial charge >= 0.3 is 0 Å². The molecule has 2 N–H and O–H groups in total. The van der Waals surface area contributed by atoms with E-state index in [4.69, 9.17) is 9.97 Å². The predicted octanol–water partition coefficient (Wildman–Crippen LogP) is 18.4. The Morgan fingerprint density at radius 1 is 0.283 bits per heavy atom. The van der Waals surface area contributed by atoms with Crippen LogP contribution in [0.4, 0.5) is 0 Å². The van der Waals surface area contributed by atoms with Gasteiger partial charge in [0.2, 0.25) is 0 Å². The second-order valence-corrected chi connectivity index (χ2v) is 18.4. The summed E-state index contributed by atoms with van der Waals surface area (Å²) in [5, 5.41) is 20.2. The van der Waals surface area contributed by atoms with Gasteiger partial charge in [-0.2, -0.15) is 0 Å². The highest BCUT2D eigenvalue weighted by atomic mass is 16.3. The van der Waals surface area contributed by atoms with Crippen LogP contribution < -0.4 is 0 Å². The number of rotatable bonds is 40. The summed E-state index contributed by atoms with van der Waals surface area (Å²) in [6, 6.07) is 15.0. The van der Waals surface area contributed by atoms with Crippen LogP contribution in [0, 0.1) is 0 Å². The molecular weight excluding hydrogens is 733 g/mol. The number of phenols is 2. The molecule has 1 aromatic heterocycles. The normalized spacial score (nSPS) is 11.5. The Morgan fingerprint density at radius 2 is 0.483 bits per heavy atom. The van der Waals surface area contributed by atoms with Crippen LogP contribution in [0.15, 0.2) is 48.5 Å². The van der Waals surface area contributed by atoms with E-state index < -0.39 is 0 Å². The third-order valence-corrected chi connectivity index (χ3v) is 12.9. The first kappa shape index (κ1) is 51.5. The highest BCUT2D eigenvalue weighted by Crippen LogP contribution is 2.31. The molecule has 0 amide bonds. The largest absolute Gasteiger partial charge is 0.508 e. The Kier molecular flexibility index (Phi) is 30.6. The first-order valence-corrected chi connectivity index (χ1v) is 26.1. The van der Waals surface area contributed by atoms with Crippen LogP contribution >= 0.6 is 0 Å². The molecule has 0 saturated carbocycles. The summed E-state index contributed by atoms with van der Waals surface area (Å²) < 4.78 is 0. The van der Waals surface area contributed by atoms with Crippen molar-refractivity contribution >= 4 is 0 Å². The highest BCUT2D eigenvalue weighted by Gasteiger charge is 2.17. The van der Waals surface area contributed by atoms with Crippen molar-refractivity contribution in [3.8, 4) is 34.0 Å². The lowest BCUT2D eigenvalue weighted by atomic mass is 9.99. The van der Waals surface area contributed by atoms with E-state index in [0.717, 1.165) is 59.6 Å². The molecule has 0 bridgehead atoms. The van der Waals surface area contributed by atoms with Gasteiger partial charge in [0.15, 0.2) is 0 Å². The highest BCUT2D eigenvalue weighted by molar-refractivity contribution is 5.68. The topological polar surface area (TPSA) is 66.2 Å². The number of benzene rings is 2. The van der Waals surface area contributed by atoms with E-state index in [1.165, 1.54) is 218 Å². The van der Waals surface area contributed by atoms with E-state index in [1.54, 1.807) is 24.3 Å². The fraction of sp³-hybridized carbons (Fsp3) is 0.714. The first-order valence-electron chi connectivity index (χ1n) is 26.1. The van der Waals surface area contributed by atoms with Gasteiger partial charge in [0, 0.05) is 11.1 Å². The molecule has 0 unspecified atom stereocenters. The molecule has 3 rings (SSSR count). The van der Waals surface area contributed by atoms with Gasteiger partial charge in [-0.05, 0) is 74.2 Å². The van der Waals surface area contributed by atoms with Gasteiger partial charge in [0.05, 0.1) is 22.8 Å². The molecular formula is C56H92N2O2. The number of aromatic nitrogens is 2. The minimum atomic E-state index is 0.275. The van der Waals surface area contributed by atoms with Crippen LogP contribution in [0.25, 0.3) is 22.5 Å². The summed E-state index contributed by atoms with van der Waals surface area (Å²) >= 11 is 0. The quantitative estimate of drug-likeness (QED) is 0.0561. The summed E-state index contributed by atoms with van der Waals surface area (Å²) in [7, 11) is 0. The summed E-state index contributed by atoms with van der Waals surface area (Å²) in [5.74, 6) is 0.549. The van der Waals surface area contributed by atoms with Crippen molar-refractivity contribution < 1.29 is 10.2 Å². The zero-order valence-corrected chi connectivity index (χ0v) is 39.3. The number of hydrogen-bond donors (Lipinski definition) is 2. The third-order valence-electron chi connectivity index (χ3n) is 12.9. The molecule has 4 nitrogen and oxygen atoms in total. The lowest BCUT2D eigenvalue weighted by Crippen LogP contribution is -2.06. The fourth-order valence-corrected chi connectivity index (χ4v) is 8.94. The molecule has 60 heavy (non-hydrogen) atoms. The molecule has 0 radical (unpaired) electrons. The van der Waals surface area contributed by atoms with Crippen molar-refractivity contribution in [2.75, 3.05) is 0 Å². The minimum absolute atomic E-state index is 0.275. The van der Waals surface area contributed by atoms with Gasteiger partial charge in [-0.15, -0.1) is 0 Å². The van der Waals surface area contributed by atoms with Gasteiger partial charge in [0.25, 0.3) is 0 Å². The molecule has 0 spiro atoms. The van der Waals surface area contributed by atoms with Gasteiger partial charge in [0.1, 0.15) is 11.5 Å². The molecule has 0 aliphatic rings. The fourth-order valence-electron chi connectivity index (χ4n) is 8.94. The smallest absolute Gasteiger partial charge is 0.115 e. The molecule has 3 aromatic rings. The SMILES string of the molecule is CCCCCCCCCCCCCCCCCCCCc1nc(-c2ccc(O)cc2)c(CCCCCCCCCCCCCCCCCCCC)nc1-c1ccc(O)cc1. The number of nitrogens with zero attached hydrogens (tertiary/aromatic N) is 2. The summed E-state index contributed by atoms with van der Waals surface area (Å²) in [4.78, 5) is 10.8. The summed E-state index contributed by atoms with van der Waals surface area (Å²) in [6.07, 6.45) is 51.2. The second-order valence-electron chi connectivity index (χ2n) is 18.4. The average Bonchev–Trinajstić information content (AvgIpc) is 3.26. The molecule has 2 aromatic carbocycles. The minimum Gasteiger partial charge on any atom is -0.508 e. The van der Waals surface area contributed by atoms with Crippen molar-refractivity contribution in [1.82, 2.24) is 9.97 Å². The number of hydrogen-bond acceptors (Lipinski definition) is 4. The number of aromatic hydroxyl groups is 2. The van der Waals surface area contributed by atoms with E-state index in [2.05, 4.69) is 13.8 Å². The maximum Gasteiger partial charge on any atom is 0.115 e. The van der Waals surface area contributed by atoms with Crippen LogP contribution in [0.1, 0.15) is 256 Å². The standard InChI is InChI=1S/C56H92N2O2/c1-3-5-7-9-11-13-15-17-19-21-23-25-27-29-31-33-35-37-39-53-55(49-41-45-51(59)46-42-49)58-54(56(57-53)50-43-47-52(60)48-44-50)40-38-36-34-32-30-28-26-24-22-20-18-16-14-12-10-8-6-4-2/h41-48,59-60H,3-40H2,1-2H3. The molecule has 338 valence electrons. The Morgan fingerprint density at radius 3 is 0.700 bits per heavy atom. The van der Waals surface area contributed by atoms with Crippen molar-refractivity contribution in [3.05, 3.63) is 59.9 Å². The van der Waals surface area contributed by atoms with E-state index in [-0.39, 0.29) is 11.5 Å². The second kappa shape index (κ2) is 35.7. The molecule has 0 saturated heterocycles. The third kappa shape index (κ3) is 24.5.